The number of ether oxygens (including phenoxy) is 3. The minimum absolute atomic E-state index is 0.0953. The normalized spacial score (nSPS) is 10.8. The lowest BCUT2D eigenvalue weighted by atomic mass is 10.2. The van der Waals surface area contributed by atoms with Crippen LogP contribution in [0.4, 0.5) is 0 Å². The van der Waals surface area contributed by atoms with E-state index in [1.54, 1.807) is 13.2 Å². The van der Waals surface area contributed by atoms with Crippen LogP contribution in [0.3, 0.4) is 0 Å². The van der Waals surface area contributed by atoms with Gasteiger partial charge in [0.15, 0.2) is 5.58 Å². The lowest BCUT2D eigenvalue weighted by Crippen LogP contribution is -2.10. The molecule has 1 heterocycles. The highest BCUT2D eigenvalue weighted by molar-refractivity contribution is 5.91. The molecule has 0 spiro atoms. The van der Waals surface area contributed by atoms with E-state index in [1.165, 1.54) is 12.1 Å². The van der Waals surface area contributed by atoms with Crippen molar-refractivity contribution in [2.75, 3.05) is 33.5 Å². The molecule has 7 nitrogen and oxygen atoms in total. The van der Waals surface area contributed by atoms with Gasteiger partial charge in [0, 0.05) is 7.11 Å². The van der Waals surface area contributed by atoms with E-state index in [9.17, 15) is 4.79 Å². The standard InChI is InChI=1S/C13H15NO6/c1-17-4-5-18-6-7-19-13-14-10-3-2-9(12(15)16)8-11(10)20-13/h2-3,8H,4-7H2,1H3,(H,15,16). The predicted molar refractivity (Wildman–Crippen MR) is 69.2 cm³/mol. The molecule has 0 aliphatic carbocycles. The Bertz CT molecular complexity index is 579. The van der Waals surface area contributed by atoms with E-state index in [0.717, 1.165) is 0 Å². The maximum Gasteiger partial charge on any atom is 0.394 e. The van der Waals surface area contributed by atoms with Gasteiger partial charge in [-0.25, -0.2) is 4.79 Å². The molecule has 0 amide bonds. The third-order valence-corrected chi connectivity index (χ3v) is 2.50. The second-order valence-corrected chi connectivity index (χ2v) is 3.92. The number of oxazole rings is 1. The van der Waals surface area contributed by atoms with Crippen molar-refractivity contribution in [1.82, 2.24) is 4.98 Å². The third kappa shape index (κ3) is 3.69. The molecular weight excluding hydrogens is 266 g/mol. The minimum atomic E-state index is -1.02. The molecule has 0 atom stereocenters. The number of rotatable bonds is 8. The number of carbonyl (C=O) groups is 1. The predicted octanol–water partition coefficient (Wildman–Crippen LogP) is 1.57. The van der Waals surface area contributed by atoms with E-state index in [0.29, 0.717) is 37.5 Å². The average Bonchev–Trinajstić information content (AvgIpc) is 2.84. The monoisotopic (exact) mass is 281 g/mol. The molecule has 0 saturated carbocycles. The second-order valence-electron chi connectivity index (χ2n) is 3.92. The van der Waals surface area contributed by atoms with Crippen molar-refractivity contribution >= 4 is 17.1 Å². The molecule has 1 aromatic carbocycles. The fourth-order valence-electron chi connectivity index (χ4n) is 1.53. The summed E-state index contributed by atoms with van der Waals surface area (Å²) in [7, 11) is 1.60. The molecule has 0 unspecified atom stereocenters. The highest BCUT2D eigenvalue weighted by Gasteiger charge is 2.10. The van der Waals surface area contributed by atoms with Crippen molar-refractivity contribution < 1.29 is 28.5 Å². The van der Waals surface area contributed by atoms with Crippen LogP contribution >= 0.6 is 0 Å². The van der Waals surface area contributed by atoms with Crippen molar-refractivity contribution in [2.45, 2.75) is 0 Å². The summed E-state index contributed by atoms with van der Waals surface area (Å²) in [5.74, 6) is -1.02. The molecule has 20 heavy (non-hydrogen) atoms. The Balaban J connectivity index is 1.89. The number of nitrogens with zero attached hydrogens (tertiary/aromatic N) is 1. The second kappa shape index (κ2) is 6.88. The van der Waals surface area contributed by atoms with Gasteiger partial charge in [0.25, 0.3) is 0 Å². The number of aromatic nitrogens is 1. The van der Waals surface area contributed by atoms with E-state index in [4.69, 9.17) is 23.7 Å². The topological polar surface area (TPSA) is 91.0 Å². The summed E-state index contributed by atoms with van der Waals surface area (Å²) in [6.45, 7) is 1.71. The Morgan fingerprint density at radius 3 is 2.85 bits per heavy atom. The maximum absolute atomic E-state index is 10.8. The fraction of sp³-hybridized carbons (Fsp3) is 0.385. The van der Waals surface area contributed by atoms with Crippen LogP contribution in [0.15, 0.2) is 22.6 Å². The largest absolute Gasteiger partial charge is 0.478 e. The Morgan fingerprint density at radius 2 is 2.10 bits per heavy atom. The van der Waals surface area contributed by atoms with Crippen LogP contribution in [0.2, 0.25) is 0 Å². The molecule has 2 aromatic rings. The Kier molecular flexibility index (Phi) is 4.91. The summed E-state index contributed by atoms with van der Waals surface area (Å²) in [5, 5.41) is 8.88. The maximum atomic E-state index is 10.8. The van der Waals surface area contributed by atoms with Gasteiger partial charge in [-0.2, -0.15) is 4.98 Å². The molecule has 0 aliphatic rings. The SMILES string of the molecule is COCCOCCOc1nc2ccc(C(=O)O)cc2o1. The van der Waals surface area contributed by atoms with Crippen LogP contribution in [0, 0.1) is 0 Å². The highest BCUT2D eigenvalue weighted by atomic mass is 16.6. The molecule has 1 aromatic heterocycles. The van der Waals surface area contributed by atoms with Crippen LogP contribution in [-0.4, -0.2) is 49.6 Å². The fourth-order valence-corrected chi connectivity index (χ4v) is 1.53. The molecule has 108 valence electrons. The molecule has 0 aliphatic heterocycles. The van der Waals surface area contributed by atoms with Gasteiger partial charge in [0.2, 0.25) is 0 Å². The number of hydrogen-bond acceptors (Lipinski definition) is 6. The van der Waals surface area contributed by atoms with Crippen molar-refractivity contribution in [3.63, 3.8) is 0 Å². The minimum Gasteiger partial charge on any atom is -0.478 e. The van der Waals surface area contributed by atoms with E-state index in [-0.39, 0.29) is 11.6 Å². The Hall–Kier alpha value is -2.12. The van der Waals surface area contributed by atoms with Crippen LogP contribution in [0.5, 0.6) is 6.08 Å². The van der Waals surface area contributed by atoms with Gasteiger partial charge in [-0.3, -0.25) is 0 Å². The van der Waals surface area contributed by atoms with Gasteiger partial charge in [-0.15, -0.1) is 0 Å². The highest BCUT2D eigenvalue weighted by Crippen LogP contribution is 2.21. The molecule has 1 N–H and O–H groups in total. The van der Waals surface area contributed by atoms with E-state index >= 15 is 0 Å². The van der Waals surface area contributed by atoms with Crippen LogP contribution in [0.1, 0.15) is 10.4 Å². The number of carboxylic acids is 1. The van der Waals surface area contributed by atoms with Gasteiger partial charge >= 0.3 is 12.0 Å². The average molecular weight is 281 g/mol. The van der Waals surface area contributed by atoms with Crippen LogP contribution in [-0.2, 0) is 9.47 Å². The number of fused-ring (bicyclic) bond motifs is 1. The lowest BCUT2D eigenvalue weighted by molar-refractivity contribution is 0.0493. The van der Waals surface area contributed by atoms with Crippen molar-refractivity contribution in [2.24, 2.45) is 0 Å². The first-order chi connectivity index (χ1) is 9.70. The number of methoxy groups -OCH3 is 1. The first-order valence-corrected chi connectivity index (χ1v) is 6.04. The summed E-state index contributed by atoms with van der Waals surface area (Å²) in [6, 6.07) is 4.45. The van der Waals surface area contributed by atoms with E-state index in [2.05, 4.69) is 4.98 Å². The smallest absolute Gasteiger partial charge is 0.394 e. The lowest BCUT2D eigenvalue weighted by Gasteiger charge is -2.02. The summed E-state index contributed by atoms with van der Waals surface area (Å²) in [5.41, 5.74) is 1.06. The van der Waals surface area contributed by atoms with Crippen LogP contribution in [0.25, 0.3) is 11.1 Å². The van der Waals surface area contributed by atoms with Crippen LogP contribution < -0.4 is 4.74 Å². The number of aromatic carboxylic acids is 1. The van der Waals surface area contributed by atoms with Gasteiger partial charge in [0.05, 0.1) is 25.4 Å². The van der Waals surface area contributed by atoms with Gasteiger partial charge in [-0.1, -0.05) is 0 Å². The van der Waals surface area contributed by atoms with E-state index < -0.39 is 5.97 Å². The molecule has 0 radical (unpaired) electrons. The molecule has 0 bridgehead atoms. The van der Waals surface area contributed by atoms with Crippen molar-refractivity contribution in [1.29, 1.82) is 0 Å². The zero-order chi connectivity index (χ0) is 14.4. The van der Waals surface area contributed by atoms with Gasteiger partial charge < -0.3 is 23.7 Å². The van der Waals surface area contributed by atoms with Gasteiger partial charge in [0.1, 0.15) is 12.1 Å². The Labute approximate surface area is 115 Å². The number of hydrogen-bond donors (Lipinski definition) is 1. The zero-order valence-electron chi connectivity index (χ0n) is 11.0. The number of carboxylic acid groups (broad SMARTS) is 1. The molecule has 7 heteroatoms. The summed E-state index contributed by atoms with van der Waals surface area (Å²) in [4.78, 5) is 14.9. The molecule has 0 saturated heterocycles. The summed E-state index contributed by atoms with van der Waals surface area (Å²) in [6.07, 6.45) is 0.0953. The Morgan fingerprint density at radius 1 is 1.30 bits per heavy atom. The first kappa shape index (κ1) is 14.3. The summed E-state index contributed by atoms with van der Waals surface area (Å²) < 4.78 is 20.6. The third-order valence-electron chi connectivity index (χ3n) is 2.50. The molecule has 2 rings (SSSR count). The van der Waals surface area contributed by atoms with E-state index in [1.807, 2.05) is 0 Å². The summed E-state index contributed by atoms with van der Waals surface area (Å²) >= 11 is 0. The quantitative estimate of drug-likeness (QED) is 0.734. The van der Waals surface area contributed by atoms with Crippen molar-refractivity contribution in [3.8, 4) is 6.08 Å². The first-order valence-electron chi connectivity index (χ1n) is 6.04. The van der Waals surface area contributed by atoms with Crippen molar-refractivity contribution in [3.05, 3.63) is 23.8 Å². The molecular formula is C13H15NO6. The number of benzene rings is 1. The molecule has 0 fully saturated rings. The zero-order valence-corrected chi connectivity index (χ0v) is 11.0. The van der Waals surface area contributed by atoms with Gasteiger partial charge in [-0.05, 0) is 18.2 Å².